The third-order valence-electron chi connectivity index (χ3n) is 3.18. The number of nitrogens with one attached hydrogen (secondary N) is 2. The molecule has 1 aromatic carbocycles. The molecule has 0 bridgehead atoms. The molecule has 0 atom stereocenters. The molecule has 0 spiro atoms. The van der Waals surface area contributed by atoms with E-state index in [2.05, 4.69) is 40.9 Å². The number of nitrogens with two attached hydrogens (primary N) is 1. The van der Waals surface area contributed by atoms with Crippen molar-refractivity contribution in [1.29, 1.82) is 5.41 Å². The van der Waals surface area contributed by atoms with E-state index in [0.717, 1.165) is 11.3 Å². The zero-order chi connectivity index (χ0) is 16.9. The lowest BCUT2D eigenvalue weighted by molar-refractivity contribution is 1.03. The highest BCUT2D eigenvalue weighted by Crippen LogP contribution is 2.23. The monoisotopic (exact) mass is 383 g/mol. The van der Waals surface area contributed by atoms with Crippen LogP contribution in [0.5, 0.6) is 0 Å². The van der Waals surface area contributed by atoms with Crippen LogP contribution in [0.1, 0.15) is 5.69 Å². The molecule has 0 saturated heterocycles. The summed E-state index contributed by atoms with van der Waals surface area (Å²) in [5.41, 5.74) is 8.60. The first kappa shape index (κ1) is 16.0. The van der Waals surface area contributed by atoms with E-state index in [1.54, 1.807) is 12.3 Å². The van der Waals surface area contributed by atoms with Gasteiger partial charge in [0.15, 0.2) is 11.4 Å². The van der Waals surface area contributed by atoms with Gasteiger partial charge >= 0.3 is 0 Å². The molecule has 0 unspecified atom stereocenters. The van der Waals surface area contributed by atoms with Gasteiger partial charge in [0.1, 0.15) is 12.2 Å². The van der Waals surface area contributed by atoms with Crippen molar-refractivity contribution >= 4 is 27.7 Å². The van der Waals surface area contributed by atoms with Crippen LogP contribution in [0.2, 0.25) is 0 Å². The summed E-state index contributed by atoms with van der Waals surface area (Å²) in [6, 6.07) is 11.4. The van der Waals surface area contributed by atoms with E-state index in [4.69, 9.17) is 11.1 Å². The van der Waals surface area contributed by atoms with Gasteiger partial charge in [0.25, 0.3) is 0 Å². The molecule has 4 N–H and O–H groups in total. The van der Waals surface area contributed by atoms with Crippen LogP contribution >= 0.6 is 15.9 Å². The van der Waals surface area contributed by atoms with E-state index in [9.17, 15) is 0 Å². The Morgan fingerprint density at radius 2 is 2.04 bits per heavy atom. The zero-order valence-electron chi connectivity index (χ0n) is 12.6. The van der Waals surface area contributed by atoms with E-state index in [0.29, 0.717) is 22.1 Å². The van der Waals surface area contributed by atoms with E-state index in [1.807, 2.05) is 30.3 Å². The predicted molar refractivity (Wildman–Crippen MR) is 95.2 cm³/mol. The minimum atomic E-state index is 0.148. The summed E-state index contributed by atoms with van der Waals surface area (Å²) < 4.78 is 0.648. The fourth-order valence-corrected chi connectivity index (χ4v) is 2.62. The number of halogens is 1. The largest absolute Gasteiger partial charge is 0.369 e. The number of nitrogens with zero attached hydrogens (tertiary/aromatic N) is 4. The van der Waals surface area contributed by atoms with E-state index in [1.165, 1.54) is 6.33 Å². The number of aromatic nitrogens is 4. The van der Waals surface area contributed by atoms with Crippen molar-refractivity contribution in [3.05, 3.63) is 64.6 Å². The number of anilines is 1. The topological polar surface area (TPSA) is 117 Å². The molecular formula is C16H14BrN7. The Labute approximate surface area is 146 Å². The first-order valence-corrected chi connectivity index (χ1v) is 7.90. The number of hydrogen-bond donors (Lipinski definition) is 3. The number of amidine groups is 1. The van der Waals surface area contributed by atoms with Crippen molar-refractivity contribution in [2.75, 3.05) is 5.73 Å². The summed E-state index contributed by atoms with van der Waals surface area (Å²) in [7, 11) is 0. The number of rotatable bonds is 3. The molecule has 24 heavy (non-hydrogen) atoms. The Balaban J connectivity index is 1.99. The van der Waals surface area contributed by atoms with Crippen molar-refractivity contribution in [3.8, 4) is 11.3 Å². The summed E-state index contributed by atoms with van der Waals surface area (Å²) >= 11 is 3.50. The summed E-state index contributed by atoms with van der Waals surface area (Å²) in [6.45, 7) is 0. The molecule has 0 aliphatic heterocycles. The molecule has 0 aliphatic carbocycles. The molecule has 0 radical (unpaired) electrons. The molecular weight excluding hydrogens is 370 g/mol. The van der Waals surface area contributed by atoms with Crippen molar-refractivity contribution in [3.63, 3.8) is 0 Å². The van der Waals surface area contributed by atoms with Gasteiger partial charge in [-0.2, -0.15) is 0 Å². The van der Waals surface area contributed by atoms with Crippen molar-refractivity contribution in [2.45, 2.75) is 6.42 Å². The molecule has 0 saturated carbocycles. The lowest BCUT2D eigenvalue weighted by Crippen LogP contribution is -2.18. The van der Waals surface area contributed by atoms with Crippen molar-refractivity contribution < 1.29 is 0 Å². The van der Waals surface area contributed by atoms with Crippen LogP contribution in [0.4, 0.5) is 5.95 Å². The van der Waals surface area contributed by atoms with Crippen molar-refractivity contribution in [2.24, 2.45) is 4.99 Å². The zero-order valence-corrected chi connectivity index (χ0v) is 14.2. The van der Waals surface area contributed by atoms with Gasteiger partial charge in [0.2, 0.25) is 0 Å². The van der Waals surface area contributed by atoms with Gasteiger partial charge in [-0.3, -0.25) is 5.41 Å². The smallest absolute Gasteiger partial charge is 0.199 e. The third kappa shape index (κ3) is 3.72. The fraction of sp³-hybridized carbons (Fsp3) is 0.0625. The van der Waals surface area contributed by atoms with Gasteiger partial charge in [-0.1, -0.05) is 30.3 Å². The normalized spacial score (nSPS) is 11.5. The highest BCUT2D eigenvalue weighted by molar-refractivity contribution is 9.10. The van der Waals surface area contributed by atoms with Crippen LogP contribution in [-0.4, -0.2) is 25.8 Å². The lowest BCUT2D eigenvalue weighted by Gasteiger charge is -2.06. The fourth-order valence-electron chi connectivity index (χ4n) is 2.12. The molecule has 2 heterocycles. The van der Waals surface area contributed by atoms with Gasteiger partial charge < -0.3 is 10.7 Å². The maximum Gasteiger partial charge on any atom is 0.199 e. The molecule has 3 rings (SSSR count). The Hall–Kier alpha value is -2.87. The van der Waals surface area contributed by atoms with E-state index in [-0.39, 0.29) is 11.8 Å². The standard InChI is InChI=1S/C16H14BrN7/c17-13-14(10-4-2-1-3-5-10)23-16(19)24-15(13)22-12(18)8-11-6-7-20-9-21-11/h1-7,9H,8H2,(H4,18,19,22,23,24). The van der Waals surface area contributed by atoms with Crippen LogP contribution < -0.4 is 11.2 Å². The first-order chi connectivity index (χ1) is 11.6. The minimum absolute atomic E-state index is 0.148. The van der Waals surface area contributed by atoms with Gasteiger partial charge in [-0.25, -0.2) is 19.9 Å². The molecule has 2 aromatic heterocycles. The van der Waals surface area contributed by atoms with Crippen molar-refractivity contribution in [1.82, 2.24) is 19.9 Å². The predicted octanol–water partition coefficient (Wildman–Crippen LogP) is 2.33. The SMILES string of the molecule is N=C(Cc1ccncn1)/N=c1\[nH]c(N)nc(-c2ccccc2)c1Br. The summed E-state index contributed by atoms with van der Waals surface area (Å²) in [5.74, 6) is 0.376. The average molecular weight is 384 g/mol. The number of aromatic amines is 1. The number of hydrogen-bond acceptors (Lipinski definition) is 5. The molecule has 120 valence electrons. The molecule has 0 aliphatic rings. The number of nitrogen functional groups attached to an aromatic ring is 1. The third-order valence-corrected chi connectivity index (χ3v) is 3.93. The summed E-state index contributed by atoms with van der Waals surface area (Å²) in [5, 5.41) is 8.08. The van der Waals surface area contributed by atoms with Gasteiger partial charge in [-0.05, 0) is 22.0 Å². The Morgan fingerprint density at radius 1 is 1.25 bits per heavy atom. The Morgan fingerprint density at radius 3 is 2.75 bits per heavy atom. The minimum Gasteiger partial charge on any atom is -0.369 e. The quantitative estimate of drug-likeness (QED) is 0.475. The van der Waals surface area contributed by atoms with Crippen LogP contribution in [-0.2, 0) is 6.42 Å². The molecule has 8 heteroatoms. The molecule has 7 nitrogen and oxygen atoms in total. The first-order valence-electron chi connectivity index (χ1n) is 7.11. The summed E-state index contributed by atoms with van der Waals surface area (Å²) in [4.78, 5) is 19.5. The highest BCUT2D eigenvalue weighted by Gasteiger charge is 2.09. The Kier molecular flexibility index (Phi) is 4.76. The van der Waals surface area contributed by atoms with Crippen LogP contribution in [0.3, 0.4) is 0 Å². The number of benzene rings is 1. The second-order valence-corrected chi connectivity index (χ2v) is 5.73. The maximum absolute atomic E-state index is 8.08. The Bertz CT molecular complexity index is 920. The summed E-state index contributed by atoms with van der Waals surface area (Å²) in [6.07, 6.45) is 3.38. The second kappa shape index (κ2) is 7.14. The molecule has 0 fully saturated rings. The average Bonchev–Trinajstić information content (AvgIpc) is 2.59. The van der Waals surface area contributed by atoms with Crippen LogP contribution in [0, 0.1) is 5.41 Å². The molecule has 0 amide bonds. The van der Waals surface area contributed by atoms with E-state index < -0.39 is 0 Å². The van der Waals surface area contributed by atoms with Gasteiger partial charge in [0, 0.05) is 18.2 Å². The highest BCUT2D eigenvalue weighted by atomic mass is 79.9. The lowest BCUT2D eigenvalue weighted by atomic mass is 10.1. The van der Waals surface area contributed by atoms with Gasteiger partial charge in [0.05, 0.1) is 15.9 Å². The van der Waals surface area contributed by atoms with Crippen LogP contribution in [0.25, 0.3) is 11.3 Å². The maximum atomic E-state index is 8.08. The number of H-pyrrole nitrogens is 1. The van der Waals surface area contributed by atoms with E-state index >= 15 is 0 Å². The van der Waals surface area contributed by atoms with Gasteiger partial charge in [-0.15, -0.1) is 0 Å². The van der Waals surface area contributed by atoms with Crippen LogP contribution in [0.15, 0.2) is 58.4 Å². The second-order valence-electron chi connectivity index (χ2n) is 4.94. The molecule has 3 aromatic rings.